The number of hydrogen-bond donors (Lipinski definition) is 0. The third kappa shape index (κ3) is 2.80. The highest BCUT2D eigenvalue weighted by Gasteiger charge is 2.31. The number of halogens is 3. The van der Waals surface area contributed by atoms with Crippen molar-refractivity contribution in [2.75, 3.05) is 0 Å². The van der Waals surface area contributed by atoms with Crippen LogP contribution in [0.4, 0.5) is 13.2 Å². The largest absolute Gasteiger partial charge is 0.573 e. The molecule has 0 bridgehead atoms. The third-order valence-corrected chi connectivity index (χ3v) is 1.61. The van der Waals surface area contributed by atoms with Crippen LogP contribution in [-0.2, 0) is 0 Å². The molecule has 0 fully saturated rings. The van der Waals surface area contributed by atoms with E-state index in [2.05, 4.69) is 11.3 Å². The van der Waals surface area contributed by atoms with Gasteiger partial charge < -0.3 is 4.74 Å². The molecule has 0 aliphatic carbocycles. The van der Waals surface area contributed by atoms with E-state index in [-0.39, 0.29) is 5.75 Å². The van der Waals surface area contributed by atoms with Gasteiger partial charge in [0.2, 0.25) is 0 Å². The number of ether oxygens (including phenoxy) is 1. The molecule has 0 radical (unpaired) electrons. The van der Waals surface area contributed by atoms with E-state index in [1.165, 1.54) is 12.1 Å². The molecule has 0 saturated heterocycles. The number of rotatable bonds is 2. The van der Waals surface area contributed by atoms with E-state index < -0.39 is 6.36 Å². The number of hydrogen-bond acceptors (Lipinski definition) is 1. The second-order valence-electron chi connectivity index (χ2n) is 2.79. The van der Waals surface area contributed by atoms with Crippen LogP contribution < -0.4 is 4.74 Å². The smallest absolute Gasteiger partial charge is 0.405 e. The zero-order chi connectivity index (χ0) is 10.8. The van der Waals surface area contributed by atoms with Crippen LogP contribution in [-0.4, -0.2) is 6.36 Å². The Morgan fingerprint density at radius 2 is 2.00 bits per heavy atom. The quantitative estimate of drug-likeness (QED) is 0.712. The summed E-state index contributed by atoms with van der Waals surface area (Å²) < 4.78 is 39.5. The maximum absolute atomic E-state index is 11.9. The van der Waals surface area contributed by atoms with Gasteiger partial charge in [-0.3, -0.25) is 0 Å². The highest BCUT2D eigenvalue weighted by Crippen LogP contribution is 2.27. The van der Waals surface area contributed by atoms with Gasteiger partial charge in [0, 0.05) is 5.56 Å². The first-order valence-corrected chi connectivity index (χ1v) is 3.91. The van der Waals surface area contributed by atoms with Gasteiger partial charge in [-0.15, -0.1) is 13.2 Å². The van der Waals surface area contributed by atoms with Crippen LogP contribution in [0.5, 0.6) is 5.75 Å². The van der Waals surface area contributed by atoms with Gasteiger partial charge in [0.25, 0.3) is 0 Å². The Bertz CT molecular complexity index is 342. The molecule has 0 saturated carbocycles. The number of aryl methyl sites for hydroxylation is 1. The third-order valence-electron chi connectivity index (χ3n) is 1.61. The number of benzene rings is 1. The Morgan fingerprint density at radius 1 is 1.36 bits per heavy atom. The zero-order valence-corrected chi connectivity index (χ0v) is 7.56. The van der Waals surface area contributed by atoms with E-state index in [1.807, 2.05) is 0 Å². The summed E-state index contributed by atoms with van der Waals surface area (Å²) in [6.45, 7) is 5.20. The molecule has 0 spiro atoms. The molecule has 0 unspecified atom stereocenters. The summed E-state index contributed by atoms with van der Waals surface area (Å²) >= 11 is 0. The second kappa shape index (κ2) is 3.74. The minimum absolute atomic E-state index is 0.224. The van der Waals surface area contributed by atoms with Gasteiger partial charge in [-0.05, 0) is 19.1 Å². The molecule has 1 nitrogen and oxygen atoms in total. The fourth-order valence-corrected chi connectivity index (χ4v) is 1.05. The fraction of sp³-hybridized carbons (Fsp3) is 0.200. The van der Waals surface area contributed by atoms with Crippen LogP contribution in [0, 0.1) is 6.92 Å². The van der Waals surface area contributed by atoms with Gasteiger partial charge in [0.15, 0.2) is 0 Å². The number of alkyl halides is 3. The molecule has 0 aliphatic heterocycles. The van der Waals surface area contributed by atoms with Crippen LogP contribution in [0.1, 0.15) is 11.1 Å². The summed E-state index contributed by atoms with van der Waals surface area (Å²) in [5.74, 6) is -0.224. The van der Waals surface area contributed by atoms with Crippen molar-refractivity contribution < 1.29 is 17.9 Å². The summed E-state index contributed by atoms with van der Waals surface area (Å²) in [5, 5.41) is 0. The van der Waals surface area contributed by atoms with Crippen molar-refractivity contribution in [1.29, 1.82) is 0 Å². The van der Waals surface area contributed by atoms with Crippen molar-refractivity contribution >= 4 is 6.08 Å². The molecule has 0 aliphatic rings. The van der Waals surface area contributed by atoms with Crippen molar-refractivity contribution in [2.24, 2.45) is 0 Å². The van der Waals surface area contributed by atoms with Crippen molar-refractivity contribution in [3.8, 4) is 5.75 Å². The van der Waals surface area contributed by atoms with Gasteiger partial charge in [-0.2, -0.15) is 0 Å². The Balaban J connectivity index is 3.03. The molecular weight excluding hydrogens is 193 g/mol. The molecule has 0 aromatic heterocycles. The van der Waals surface area contributed by atoms with Crippen LogP contribution in [0.25, 0.3) is 6.08 Å². The lowest BCUT2D eigenvalue weighted by atomic mass is 10.1. The average molecular weight is 202 g/mol. The Hall–Kier alpha value is -1.45. The van der Waals surface area contributed by atoms with Crippen LogP contribution in [0.15, 0.2) is 24.8 Å². The predicted octanol–water partition coefficient (Wildman–Crippen LogP) is 3.54. The van der Waals surface area contributed by atoms with Crippen molar-refractivity contribution in [2.45, 2.75) is 13.3 Å². The molecule has 76 valence electrons. The van der Waals surface area contributed by atoms with Gasteiger partial charge in [0.05, 0.1) is 0 Å². The first kappa shape index (κ1) is 10.6. The highest BCUT2D eigenvalue weighted by molar-refractivity contribution is 5.56. The second-order valence-corrected chi connectivity index (χ2v) is 2.79. The molecule has 4 heteroatoms. The Morgan fingerprint density at radius 3 is 2.50 bits per heavy atom. The van der Waals surface area contributed by atoms with Gasteiger partial charge in [-0.25, -0.2) is 0 Å². The van der Waals surface area contributed by atoms with E-state index in [1.54, 1.807) is 19.1 Å². The lowest BCUT2D eigenvalue weighted by Gasteiger charge is -2.11. The lowest BCUT2D eigenvalue weighted by Crippen LogP contribution is -2.17. The predicted molar refractivity (Wildman–Crippen MR) is 48.0 cm³/mol. The summed E-state index contributed by atoms with van der Waals surface area (Å²) in [6.07, 6.45) is -3.33. The molecule has 0 N–H and O–H groups in total. The average Bonchev–Trinajstić information content (AvgIpc) is 2.06. The van der Waals surface area contributed by atoms with Crippen LogP contribution >= 0.6 is 0 Å². The summed E-state index contributed by atoms with van der Waals surface area (Å²) in [7, 11) is 0. The van der Waals surface area contributed by atoms with Gasteiger partial charge in [0.1, 0.15) is 5.75 Å². The standard InChI is InChI=1S/C10H9F3O/c1-3-8-6-7(2)4-5-9(8)14-10(11,12)13/h3-6H,1H2,2H3. The summed E-state index contributed by atoms with van der Waals surface area (Å²) in [6, 6.07) is 4.40. The van der Waals surface area contributed by atoms with Gasteiger partial charge in [-0.1, -0.05) is 24.3 Å². The first-order chi connectivity index (χ1) is 6.42. The molecule has 14 heavy (non-hydrogen) atoms. The minimum atomic E-state index is -4.66. The highest BCUT2D eigenvalue weighted by atomic mass is 19.4. The molecule has 0 amide bonds. The molecule has 1 rings (SSSR count). The summed E-state index contributed by atoms with van der Waals surface area (Å²) in [4.78, 5) is 0. The Labute approximate surface area is 79.8 Å². The Kier molecular flexibility index (Phi) is 2.84. The monoisotopic (exact) mass is 202 g/mol. The molecule has 1 aromatic carbocycles. The summed E-state index contributed by atoms with van der Waals surface area (Å²) in [5.41, 5.74) is 1.19. The molecular formula is C10H9F3O. The molecule has 1 aromatic rings. The first-order valence-electron chi connectivity index (χ1n) is 3.91. The van der Waals surface area contributed by atoms with E-state index in [9.17, 15) is 13.2 Å². The van der Waals surface area contributed by atoms with E-state index in [0.717, 1.165) is 5.56 Å². The van der Waals surface area contributed by atoms with E-state index in [4.69, 9.17) is 0 Å². The van der Waals surface area contributed by atoms with Gasteiger partial charge >= 0.3 is 6.36 Å². The zero-order valence-electron chi connectivity index (χ0n) is 7.56. The minimum Gasteiger partial charge on any atom is -0.405 e. The van der Waals surface area contributed by atoms with Crippen LogP contribution in [0.3, 0.4) is 0 Å². The SMILES string of the molecule is C=Cc1cc(C)ccc1OC(F)(F)F. The molecule has 0 heterocycles. The van der Waals surface area contributed by atoms with E-state index in [0.29, 0.717) is 5.56 Å². The lowest BCUT2D eigenvalue weighted by molar-refractivity contribution is -0.274. The molecule has 0 atom stereocenters. The maximum Gasteiger partial charge on any atom is 0.573 e. The fourth-order valence-electron chi connectivity index (χ4n) is 1.05. The van der Waals surface area contributed by atoms with Crippen LogP contribution in [0.2, 0.25) is 0 Å². The van der Waals surface area contributed by atoms with Crippen molar-refractivity contribution in [1.82, 2.24) is 0 Å². The van der Waals surface area contributed by atoms with E-state index >= 15 is 0 Å². The maximum atomic E-state index is 11.9. The topological polar surface area (TPSA) is 9.23 Å². The van der Waals surface area contributed by atoms with Crippen molar-refractivity contribution in [3.05, 3.63) is 35.9 Å². The van der Waals surface area contributed by atoms with Crippen molar-refractivity contribution in [3.63, 3.8) is 0 Å². The normalized spacial score (nSPS) is 11.1.